The van der Waals surface area contributed by atoms with Gasteiger partial charge in [-0.15, -0.1) is 5.10 Å². The molecule has 2 fully saturated rings. The molecular weight excluding hydrogens is 267 g/mol. The second-order valence-electron chi connectivity index (χ2n) is 6.46. The second kappa shape index (κ2) is 6.69. The summed E-state index contributed by atoms with van der Waals surface area (Å²) in [6.07, 6.45) is 3.49. The highest BCUT2D eigenvalue weighted by Gasteiger charge is 2.25. The van der Waals surface area contributed by atoms with Gasteiger partial charge < -0.3 is 9.80 Å². The second-order valence-corrected chi connectivity index (χ2v) is 6.46. The van der Waals surface area contributed by atoms with Crippen molar-refractivity contribution >= 4 is 5.82 Å². The summed E-state index contributed by atoms with van der Waals surface area (Å²) >= 11 is 0. The maximum absolute atomic E-state index is 13.4. The van der Waals surface area contributed by atoms with Crippen molar-refractivity contribution in [3.05, 3.63) is 17.8 Å². The average Bonchev–Trinajstić information content (AvgIpc) is 2.49. The summed E-state index contributed by atoms with van der Waals surface area (Å²) in [5.74, 6) is 1.69. The van der Waals surface area contributed by atoms with Crippen LogP contribution in [0, 0.1) is 12.8 Å². The summed E-state index contributed by atoms with van der Waals surface area (Å²) in [5, 5.41) is 8.40. The number of hydrogen-bond acceptors (Lipinski definition) is 4. The Morgan fingerprint density at radius 3 is 2.62 bits per heavy atom. The van der Waals surface area contributed by atoms with E-state index in [0.717, 1.165) is 50.5 Å². The third kappa shape index (κ3) is 3.90. The van der Waals surface area contributed by atoms with E-state index in [-0.39, 0.29) is 0 Å². The number of hydrogen-bond donors (Lipinski definition) is 0. The third-order valence-corrected chi connectivity index (χ3v) is 4.69. The quantitative estimate of drug-likeness (QED) is 0.856. The Balaban J connectivity index is 1.47. The van der Waals surface area contributed by atoms with Crippen LogP contribution < -0.4 is 4.90 Å². The molecule has 0 aliphatic carbocycles. The zero-order valence-corrected chi connectivity index (χ0v) is 12.8. The first-order valence-corrected chi connectivity index (χ1v) is 8.12. The van der Waals surface area contributed by atoms with Gasteiger partial charge >= 0.3 is 0 Å². The van der Waals surface area contributed by atoms with E-state index in [1.54, 1.807) is 0 Å². The van der Waals surface area contributed by atoms with Crippen LogP contribution in [-0.2, 0) is 0 Å². The third-order valence-electron chi connectivity index (χ3n) is 4.69. The largest absolute Gasteiger partial charge is 0.355 e. The molecule has 1 aromatic rings. The average molecular weight is 292 g/mol. The molecule has 1 atom stereocenters. The van der Waals surface area contributed by atoms with Crippen molar-refractivity contribution < 1.29 is 4.39 Å². The molecule has 1 aromatic heterocycles. The lowest BCUT2D eigenvalue weighted by Crippen LogP contribution is -2.43. The Bertz CT molecular complexity index is 442. The standard InChI is InChI=1S/C16H25FN4/c1-13-4-5-16(19-18-13)21-9-6-14(7-10-21)11-20-8-2-3-15(17)12-20/h4-5,14-15H,2-3,6-12H2,1H3. The van der Waals surface area contributed by atoms with Crippen molar-refractivity contribution in [3.63, 3.8) is 0 Å². The van der Waals surface area contributed by atoms with Crippen LogP contribution >= 0.6 is 0 Å². The van der Waals surface area contributed by atoms with E-state index in [4.69, 9.17) is 0 Å². The first kappa shape index (κ1) is 14.7. The maximum Gasteiger partial charge on any atom is 0.151 e. The normalized spacial score (nSPS) is 25.2. The molecule has 0 radical (unpaired) electrons. The van der Waals surface area contributed by atoms with Crippen molar-refractivity contribution in [2.75, 3.05) is 37.6 Å². The molecule has 2 aliphatic heterocycles. The van der Waals surface area contributed by atoms with E-state index in [9.17, 15) is 4.39 Å². The number of aromatic nitrogens is 2. The first-order chi connectivity index (χ1) is 10.2. The van der Waals surface area contributed by atoms with Gasteiger partial charge in [0.15, 0.2) is 5.82 Å². The predicted molar refractivity (Wildman–Crippen MR) is 82.3 cm³/mol. The fraction of sp³-hybridized carbons (Fsp3) is 0.750. The summed E-state index contributed by atoms with van der Waals surface area (Å²) in [6.45, 7) is 6.81. The van der Waals surface area contributed by atoms with E-state index in [1.807, 2.05) is 13.0 Å². The number of likely N-dealkylation sites (tertiary alicyclic amines) is 1. The Kier molecular flexibility index (Phi) is 4.68. The fourth-order valence-electron chi connectivity index (χ4n) is 3.44. The van der Waals surface area contributed by atoms with Crippen LogP contribution in [0.25, 0.3) is 0 Å². The SMILES string of the molecule is Cc1ccc(N2CCC(CN3CCCC(F)C3)CC2)nn1. The van der Waals surface area contributed by atoms with Crippen molar-refractivity contribution in [2.24, 2.45) is 5.92 Å². The summed E-state index contributed by atoms with van der Waals surface area (Å²) < 4.78 is 13.4. The van der Waals surface area contributed by atoms with Crippen LogP contribution in [0.1, 0.15) is 31.4 Å². The molecule has 0 N–H and O–H groups in total. The molecule has 5 heteroatoms. The molecule has 0 amide bonds. The van der Waals surface area contributed by atoms with E-state index in [1.165, 1.54) is 12.8 Å². The van der Waals surface area contributed by atoms with Crippen LogP contribution in [0.2, 0.25) is 0 Å². The van der Waals surface area contributed by atoms with Crippen molar-refractivity contribution in [1.82, 2.24) is 15.1 Å². The zero-order chi connectivity index (χ0) is 14.7. The van der Waals surface area contributed by atoms with Crippen molar-refractivity contribution in [1.29, 1.82) is 0 Å². The van der Waals surface area contributed by atoms with Gasteiger partial charge in [-0.25, -0.2) is 4.39 Å². The molecule has 116 valence electrons. The van der Waals surface area contributed by atoms with E-state index >= 15 is 0 Å². The summed E-state index contributed by atoms with van der Waals surface area (Å²) in [4.78, 5) is 4.64. The Hall–Kier alpha value is -1.23. The minimum Gasteiger partial charge on any atom is -0.355 e. The van der Waals surface area contributed by atoms with Gasteiger partial charge in [0.05, 0.1) is 5.69 Å². The Morgan fingerprint density at radius 2 is 1.95 bits per heavy atom. The van der Waals surface area contributed by atoms with Gasteiger partial charge in [0.1, 0.15) is 6.17 Å². The van der Waals surface area contributed by atoms with Crippen LogP contribution in [0.4, 0.5) is 10.2 Å². The van der Waals surface area contributed by atoms with Gasteiger partial charge in [-0.05, 0) is 57.2 Å². The number of alkyl halides is 1. The predicted octanol–water partition coefficient (Wildman–Crippen LogP) is 2.44. The number of nitrogens with zero attached hydrogens (tertiary/aromatic N) is 4. The molecule has 0 spiro atoms. The molecule has 0 bridgehead atoms. The van der Waals surface area contributed by atoms with Gasteiger partial charge in [-0.1, -0.05) is 0 Å². The van der Waals surface area contributed by atoms with Gasteiger partial charge in [0.2, 0.25) is 0 Å². The summed E-state index contributed by atoms with van der Waals surface area (Å²) in [5.41, 5.74) is 0.958. The highest BCUT2D eigenvalue weighted by molar-refractivity contribution is 5.37. The van der Waals surface area contributed by atoms with Crippen LogP contribution in [0.5, 0.6) is 0 Å². The molecular formula is C16H25FN4. The first-order valence-electron chi connectivity index (χ1n) is 8.12. The van der Waals surface area contributed by atoms with Gasteiger partial charge in [-0.2, -0.15) is 5.10 Å². The lowest BCUT2D eigenvalue weighted by atomic mass is 9.95. The van der Waals surface area contributed by atoms with E-state index in [0.29, 0.717) is 12.5 Å². The molecule has 0 aromatic carbocycles. The Morgan fingerprint density at radius 1 is 1.14 bits per heavy atom. The number of aryl methyl sites for hydroxylation is 1. The molecule has 3 heterocycles. The molecule has 2 aliphatic rings. The molecule has 0 saturated carbocycles. The molecule has 1 unspecified atom stereocenters. The van der Waals surface area contributed by atoms with Crippen molar-refractivity contribution in [2.45, 2.75) is 38.8 Å². The van der Waals surface area contributed by atoms with Gasteiger partial charge in [-0.3, -0.25) is 0 Å². The minimum atomic E-state index is -0.610. The summed E-state index contributed by atoms with van der Waals surface area (Å²) in [7, 11) is 0. The molecule has 21 heavy (non-hydrogen) atoms. The number of piperidine rings is 2. The number of anilines is 1. The molecule has 2 saturated heterocycles. The fourth-order valence-corrected chi connectivity index (χ4v) is 3.44. The minimum absolute atomic E-state index is 0.610. The van der Waals surface area contributed by atoms with Crippen molar-refractivity contribution in [3.8, 4) is 0 Å². The topological polar surface area (TPSA) is 32.3 Å². The van der Waals surface area contributed by atoms with E-state index in [2.05, 4.69) is 26.1 Å². The lowest BCUT2D eigenvalue weighted by molar-refractivity contribution is 0.116. The van der Waals surface area contributed by atoms with E-state index < -0.39 is 6.17 Å². The highest BCUT2D eigenvalue weighted by Crippen LogP contribution is 2.23. The van der Waals surface area contributed by atoms with Crippen LogP contribution in [0.15, 0.2) is 12.1 Å². The zero-order valence-electron chi connectivity index (χ0n) is 12.8. The van der Waals surface area contributed by atoms with Crippen LogP contribution in [-0.4, -0.2) is 54.0 Å². The smallest absolute Gasteiger partial charge is 0.151 e. The monoisotopic (exact) mass is 292 g/mol. The Labute approximate surface area is 126 Å². The maximum atomic E-state index is 13.4. The molecule has 4 nitrogen and oxygen atoms in total. The van der Waals surface area contributed by atoms with Gasteiger partial charge in [0, 0.05) is 26.2 Å². The lowest BCUT2D eigenvalue weighted by Gasteiger charge is -2.37. The van der Waals surface area contributed by atoms with Gasteiger partial charge in [0.25, 0.3) is 0 Å². The summed E-state index contributed by atoms with van der Waals surface area (Å²) in [6, 6.07) is 4.07. The van der Waals surface area contributed by atoms with Crippen LogP contribution in [0.3, 0.4) is 0 Å². The number of rotatable bonds is 3. The molecule has 3 rings (SSSR count). The highest BCUT2D eigenvalue weighted by atomic mass is 19.1. The number of halogens is 1.